The molecule has 0 bridgehead atoms. The molecule has 1 N–H and O–H groups in total. The Kier molecular flexibility index (Phi) is 5.85. The molecule has 0 radical (unpaired) electrons. The number of aromatic nitrogens is 2. The summed E-state index contributed by atoms with van der Waals surface area (Å²) < 4.78 is 7.29. The van der Waals surface area contributed by atoms with Crippen molar-refractivity contribution in [3.05, 3.63) is 36.0 Å². The molecular weight excluding hydrogens is 318 g/mol. The maximum atomic E-state index is 10.8. The molecule has 0 aliphatic rings. The van der Waals surface area contributed by atoms with Gasteiger partial charge in [0, 0.05) is 30.4 Å². The molecule has 0 fully saturated rings. The third-order valence-corrected chi connectivity index (χ3v) is 3.97. The number of carbonyl (C=O) groups is 1. The molecule has 1 aromatic carbocycles. The van der Waals surface area contributed by atoms with E-state index in [2.05, 4.69) is 20.8 Å². The summed E-state index contributed by atoms with van der Waals surface area (Å²) in [5, 5.41) is 13.7. The Morgan fingerprint density at radius 1 is 1.36 bits per heavy atom. The Hall–Kier alpha value is -2.34. The summed E-state index contributed by atoms with van der Waals surface area (Å²) in [6.07, 6.45) is 2.17. The van der Waals surface area contributed by atoms with E-state index in [1.54, 1.807) is 7.11 Å². The monoisotopic (exact) mass is 345 g/mol. The Bertz CT molecular complexity index is 732. The highest BCUT2D eigenvalue weighted by atomic mass is 16.5. The number of hydrogen-bond acceptors (Lipinski definition) is 4. The van der Waals surface area contributed by atoms with E-state index >= 15 is 0 Å². The van der Waals surface area contributed by atoms with Gasteiger partial charge in [0.15, 0.2) is 0 Å². The molecule has 0 unspecified atom stereocenters. The van der Waals surface area contributed by atoms with Crippen molar-refractivity contribution in [3.63, 3.8) is 0 Å². The molecule has 0 aliphatic heterocycles. The molecule has 2 rings (SSSR count). The molecule has 0 atom stereocenters. The highest BCUT2D eigenvalue weighted by molar-refractivity contribution is 5.67. The lowest BCUT2D eigenvalue weighted by atomic mass is 10.1. The van der Waals surface area contributed by atoms with E-state index in [4.69, 9.17) is 14.9 Å². The van der Waals surface area contributed by atoms with Crippen LogP contribution in [0.2, 0.25) is 0 Å². The van der Waals surface area contributed by atoms with Gasteiger partial charge in [0.2, 0.25) is 0 Å². The molecule has 25 heavy (non-hydrogen) atoms. The van der Waals surface area contributed by atoms with E-state index in [0.717, 1.165) is 22.6 Å². The van der Waals surface area contributed by atoms with Crippen LogP contribution < -0.4 is 4.74 Å². The van der Waals surface area contributed by atoms with Gasteiger partial charge in [-0.1, -0.05) is 12.1 Å². The Labute approximate surface area is 149 Å². The smallest absolute Gasteiger partial charge is 0.304 e. The average molecular weight is 345 g/mol. The normalized spacial score (nSPS) is 11.8. The first-order valence-electron chi connectivity index (χ1n) is 8.34. The van der Waals surface area contributed by atoms with Crippen LogP contribution in [-0.2, 0) is 16.9 Å². The predicted octanol–water partition coefficient (Wildman–Crippen LogP) is 3.22. The summed E-state index contributed by atoms with van der Waals surface area (Å²) in [6.45, 7) is 7.44. The van der Waals surface area contributed by atoms with E-state index in [1.807, 2.05) is 47.1 Å². The second-order valence-corrected chi connectivity index (χ2v) is 7.23. The van der Waals surface area contributed by atoms with Gasteiger partial charge in [0.25, 0.3) is 0 Å². The van der Waals surface area contributed by atoms with Gasteiger partial charge < -0.3 is 14.7 Å². The number of ether oxygens (including phenoxy) is 1. The quantitative estimate of drug-likeness (QED) is 0.834. The molecule has 136 valence electrons. The number of nitrogens with zero attached hydrogens (tertiary/aromatic N) is 3. The van der Waals surface area contributed by atoms with Crippen molar-refractivity contribution >= 4 is 5.97 Å². The molecule has 6 nitrogen and oxygen atoms in total. The van der Waals surface area contributed by atoms with Crippen LogP contribution in [0.4, 0.5) is 0 Å². The van der Waals surface area contributed by atoms with Gasteiger partial charge in [0.05, 0.1) is 24.8 Å². The first-order chi connectivity index (χ1) is 11.7. The third-order valence-electron chi connectivity index (χ3n) is 3.97. The van der Waals surface area contributed by atoms with Crippen LogP contribution in [0.1, 0.15) is 32.8 Å². The summed E-state index contributed by atoms with van der Waals surface area (Å²) in [6, 6.07) is 7.83. The lowest BCUT2D eigenvalue weighted by Gasteiger charge is -2.19. The molecule has 0 spiro atoms. The summed E-state index contributed by atoms with van der Waals surface area (Å²) in [5.41, 5.74) is 2.82. The van der Waals surface area contributed by atoms with E-state index in [1.165, 1.54) is 0 Å². The zero-order chi connectivity index (χ0) is 18.6. The van der Waals surface area contributed by atoms with Gasteiger partial charge >= 0.3 is 5.97 Å². The highest BCUT2D eigenvalue weighted by Crippen LogP contribution is 2.28. The van der Waals surface area contributed by atoms with E-state index < -0.39 is 5.97 Å². The van der Waals surface area contributed by atoms with E-state index in [-0.39, 0.29) is 12.0 Å². The molecule has 1 heterocycles. The number of hydrogen-bond donors (Lipinski definition) is 1. The maximum Gasteiger partial charge on any atom is 0.304 e. The Balaban J connectivity index is 2.36. The van der Waals surface area contributed by atoms with Crippen LogP contribution in [0, 0.1) is 0 Å². The van der Waals surface area contributed by atoms with Gasteiger partial charge in [-0.3, -0.25) is 9.48 Å². The second kappa shape index (κ2) is 7.70. The first-order valence-corrected chi connectivity index (χ1v) is 8.34. The molecular formula is C19H27N3O3. The molecule has 0 amide bonds. The number of methoxy groups -OCH3 is 1. The van der Waals surface area contributed by atoms with Crippen LogP contribution in [0.5, 0.6) is 5.75 Å². The third kappa shape index (κ3) is 5.06. The topological polar surface area (TPSA) is 67.6 Å². The van der Waals surface area contributed by atoms with Crippen molar-refractivity contribution in [2.45, 2.75) is 39.3 Å². The van der Waals surface area contributed by atoms with Gasteiger partial charge in [-0.15, -0.1) is 0 Å². The minimum Gasteiger partial charge on any atom is -0.497 e. The minimum absolute atomic E-state index is 0.123. The Morgan fingerprint density at radius 2 is 2.08 bits per heavy atom. The van der Waals surface area contributed by atoms with Crippen LogP contribution in [0.3, 0.4) is 0 Å². The van der Waals surface area contributed by atoms with Crippen LogP contribution >= 0.6 is 0 Å². The van der Waals surface area contributed by atoms with Gasteiger partial charge in [-0.05, 0) is 40.0 Å². The molecule has 0 aliphatic carbocycles. The number of aliphatic carboxylic acids is 1. The summed E-state index contributed by atoms with van der Waals surface area (Å²) in [4.78, 5) is 12.8. The van der Waals surface area contributed by atoms with Crippen molar-refractivity contribution < 1.29 is 14.6 Å². The fraction of sp³-hybridized carbons (Fsp3) is 0.474. The molecule has 6 heteroatoms. The van der Waals surface area contributed by atoms with Crippen molar-refractivity contribution in [1.29, 1.82) is 0 Å². The summed E-state index contributed by atoms with van der Waals surface area (Å²) >= 11 is 0. The molecule has 1 aromatic heterocycles. The predicted molar refractivity (Wildman–Crippen MR) is 97.8 cm³/mol. The highest BCUT2D eigenvalue weighted by Gasteiger charge is 2.20. The summed E-state index contributed by atoms with van der Waals surface area (Å²) in [5.74, 6) is -0.00162. The number of carboxylic acids is 1. The van der Waals surface area contributed by atoms with Crippen molar-refractivity contribution in [2.75, 3.05) is 20.7 Å². The molecule has 0 saturated heterocycles. The van der Waals surface area contributed by atoms with Crippen LogP contribution in [0.15, 0.2) is 30.5 Å². The number of carboxylic acid groups (broad SMARTS) is 1. The fourth-order valence-corrected chi connectivity index (χ4v) is 2.54. The zero-order valence-corrected chi connectivity index (χ0v) is 15.6. The lowest BCUT2D eigenvalue weighted by Crippen LogP contribution is -2.23. The van der Waals surface area contributed by atoms with Gasteiger partial charge in [-0.2, -0.15) is 5.10 Å². The maximum absolute atomic E-state index is 10.8. The average Bonchev–Trinajstić information content (AvgIpc) is 2.97. The van der Waals surface area contributed by atoms with Crippen LogP contribution in [-0.4, -0.2) is 46.5 Å². The second-order valence-electron chi connectivity index (χ2n) is 7.23. The lowest BCUT2D eigenvalue weighted by molar-refractivity contribution is -0.137. The number of benzene rings is 1. The Morgan fingerprint density at radius 3 is 2.68 bits per heavy atom. The first kappa shape index (κ1) is 19.0. The minimum atomic E-state index is -0.787. The molecule has 0 saturated carbocycles. The molecule has 2 aromatic rings. The van der Waals surface area contributed by atoms with Gasteiger partial charge in [-0.25, -0.2) is 0 Å². The van der Waals surface area contributed by atoms with Gasteiger partial charge in [0.1, 0.15) is 5.75 Å². The van der Waals surface area contributed by atoms with Crippen molar-refractivity contribution in [3.8, 4) is 17.0 Å². The standard InChI is InChI=1S/C19H27N3O3/c1-19(2,3)22-13-15(12-21(4)10-9-17(23)24)18(20-22)14-7-6-8-16(11-14)25-5/h6-8,11,13H,9-10,12H2,1-5H3,(H,23,24). The fourth-order valence-electron chi connectivity index (χ4n) is 2.54. The largest absolute Gasteiger partial charge is 0.497 e. The van der Waals surface area contributed by atoms with E-state index in [0.29, 0.717) is 13.1 Å². The summed E-state index contributed by atoms with van der Waals surface area (Å²) in [7, 11) is 3.57. The zero-order valence-electron chi connectivity index (χ0n) is 15.6. The van der Waals surface area contributed by atoms with Crippen LogP contribution in [0.25, 0.3) is 11.3 Å². The van der Waals surface area contributed by atoms with E-state index in [9.17, 15) is 4.79 Å². The van der Waals surface area contributed by atoms with Crippen molar-refractivity contribution in [2.24, 2.45) is 0 Å². The number of rotatable bonds is 7. The van der Waals surface area contributed by atoms with Crippen molar-refractivity contribution in [1.82, 2.24) is 14.7 Å². The SMILES string of the molecule is COc1cccc(-c2nn(C(C)(C)C)cc2CN(C)CCC(=O)O)c1.